The van der Waals surface area contributed by atoms with E-state index < -0.39 is 0 Å². The van der Waals surface area contributed by atoms with Crippen molar-refractivity contribution in [2.45, 2.75) is 46.1 Å². The van der Waals surface area contributed by atoms with E-state index in [9.17, 15) is 9.59 Å². The first-order valence-electron chi connectivity index (χ1n) is 8.84. The van der Waals surface area contributed by atoms with Crippen LogP contribution in [0.15, 0.2) is 24.5 Å². The number of piperidine rings is 1. The lowest BCUT2D eigenvalue weighted by atomic mass is 9.91. The minimum atomic E-state index is -0.0732. The Bertz CT molecular complexity index is 767. The summed E-state index contributed by atoms with van der Waals surface area (Å²) in [7, 11) is 0. The number of hydrogen-bond acceptors (Lipinski definition) is 3. The number of imidazole rings is 1. The van der Waals surface area contributed by atoms with E-state index in [0.717, 1.165) is 23.9 Å². The molecule has 25 heavy (non-hydrogen) atoms. The van der Waals surface area contributed by atoms with E-state index in [0.29, 0.717) is 25.1 Å². The van der Waals surface area contributed by atoms with Crippen LogP contribution in [0.3, 0.4) is 0 Å². The first-order valence-corrected chi connectivity index (χ1v) is 8.84. The van der Waals surface area contributed by atoms with Gasteiger partial charge in [0.2, 0.25) is 5.91 Å². The van der Waals surface area contributed by atoms with E-state index in [2.05, 4.69) is 36.1 Å². The standard InChI is InChI=1S/C19H26N4O2/c1-19(2,3)11-17(24)23-8-6-14(7-9-23)22-18(25)13-4-5-15-16(10-13)21-12-20-15/h4-5,10,12,14H,6-9,11H2,1-3H3,(H,20,21)(H,22,25). The summed E-state index contributed by atoms with van der Waals surface area (Å²) in [6.45, 7) is 7.65. The van der Waals surface area contributed by atoms with Crippen molar-refractivity contribution in [2.24, 2.45) is 5.41 Å². The zero-order chi connectivity index (χ0) is 18.0. The molecule has 0 spiro atoms. The molecule has 0 unspecified atom stereocenters. The molecule has 1 saturated heterocycles. The molecule has 6 heteroatoms. The van der Waals surface area contributed by atoms with Crippen molar-refractivity contribution < 1.29 is 9.59 Å². The number of carbonyl (C=O) groups is 2. The van der Waals surface area contributed by atoms with E-state index in [1.807, 2.05) is 17.0 Å². The molecule has 2 amide bonds. The van der Waals surface area contributed by atoms with Crippen LogP contribution in [-0.4, -0.2) is 45.8 Å². The highest BCUT2D eigenvalue weighted by atomic mass is 16.2. The molecule has 6 nitrogen and oxygen atoms in total. The summed E-state index contributed by atoms with van der Waals surface area (Å²) in [4.78, 5) is 33.8. The van der Waals surface area contributed by atoms with Crippen molar-refractivity contribution in [3.63, 3.8) is 0 Å². The SMILES string of the molecule is CC(C)(C)CC(=O)N1CCC(NC(=O)c2ccc3nc[nH]c3c2)CC1. The van der Waals surface area contributed by atoms with Crippen LogP contribution in [-0.2, 0) is 4.79 Å². The maximum absolute atomic E-state index is 12.5. The summed E-state index contributed by atoms with van der Waals surface area (Å²) < 4.78 is 0. The van der Waals surface area contributed by atoms with Gasteiger partial charge in [0.25, 0.3) is 5.91 Å². The molecule has 1 aromatic carbocycles. The van der Waals surface area contributed by atoms with Gasteiger partial charge in [0.15, 0.2) is 0 Å². The summed E-state index contributed by atoms with van der Waals surface area (Å²) in [5.41, 5.74) is 2.34. The number of fused-ring (bicyclic) bond motifs is 1. The Balaban J connectivity index is 1.53. The van der Waals surface area contributed by atoms with Gasteiger partial charge in [0.05, 0.1) is 17.4 Å². The molecule has 1 aliphatic rings. The van der Waals surface area contributed by atoms with Crippen LogP contribution in [0.4, 0.5) is 0 Å². The number of aromatic nitrogens is 2. The number of likely N-dealkylation sites (tertiary alicyclic amines) is 1. The minimum Gasteiger partial charge on any atom is -0.349 e. The average Bonchev–Trinajstić information content (AvgIpc) is 3.01. The second-order valence-electron chi connectivity index (χ2n) is 8.00. The summed E-state index contributed by atoms with van der Waals surface area (Å²) in [6.07, 6.45) is 3.78. The van der Waals surface area contributed by atoms with Gasteiger partial charge in [-0.2, -0.15) is 0 Å². The van der Waals surface area contributed by atoms with Crippen LogP contribution in [0.1, 0.15) is 50.4 Å². The molecule has 1 fully saturated rings. The normalized spacial score (nSPS) is 16.2. The molecule has 0 aliphatic carbocycles. The summed E-state index contributed by atoms with van der Waals surface area (Å²) >= 11 is 0. The number of nitrogens with one attached hydrogen (secondary N) is 2. The Morgan fingerprint density at radius 3 is 2.68 bits per heavy atom. The molecule has 2 heterocycles. The third kappa shape index (κ3) is 4.38. The predicted octanol–water partition coefficient (Wildman–Crippen LogP) is 2.72. The fourth-order valence-corrected chi connectivity index (χ4v) is 3.18. The van der Waals surface area contributed by atoms with Crippen LogP contribution in [0, 0.1) is 5.41 Å². The number of hydrogen-bond donors (Lipinski definition) is 2. The number of aromatic amines is 1. The molecule has 0 radical (unpaired) electrons. The number of rotatable bonds is 3. The molecule has 3 rings (SSSR count). The van der Waals surface area contributed by atoms with Crippen molar-refractivity contribution >= 4 is 22.8 Å². The van der Waals surface area contributed by atoms with Gasteiger partial charge < -0.3 is 15.2 Å². The van der Waals surface area contributed by atoms with E-state index >= 15 is 0 Å². The van der Waals surface area contributed by atoms with Gasteiger partial charge in [0, 0.05) is 31.1 Å². The molecule has 134 valence electrons. The highest BCUT2D eigenvalue weighted by Crippen LogP contribution is 2.22. The summed E-state index contributed by atoms with van der Waals surface area (Å²) in [5.74, 6) is 0.137. The lowest BCUT2D eigenvalue weighted by Crippen LogP contribution is -2.47. The van der Waals surface area contributed by atoms with Crippen molar-refractivity contribution in [1.82, 2.24) is 20.2 Å². The number of carbonyl (C=O) groups excluding carboxylic acids is 2. The second-order valence-corrected chi connectivity index (χ2v) is 8.00. The molecule has 1 aliphatic heterocycles. The Labute approximate surface area is 148 Å². The molecular formula is C19H26N4O2. The summed E-state index contributed by atoms with van der Waals surface area (Å²) in [6, 6.07) is 5.57. The number of H-pyrrole nitrogens is 1. The van der Waals surface area contributed by atoms with Crippen LogP contribution in [0.25, 0.3) is 11.0 Å². The Kier molecular flexibility index (Phi) is 4.79. The molecule has 0 bridgehead atoms. The van der Waals surface area contributed by atoms with E-state index in [1.54, 1.807) is 12.4 Å². The van der Waals surface area contributed by atoms with Crippen molar-refractivity contribution in [1.29, 1.82) is 0 Å². The topological polar surface area (TPSA) is 78.1 Å². The Hall–Kier alpha value is -2.37. The molecule has 2 N–H and O–H groups in total. The third-order valence-corrected chi connectivity index (χ3v) is 4.55. The van der Waals surface area contributed by atoms with E-state index in [1.165, 1.54) is 0 Å². The molecule has 0 atom stereocenters. The van der Waals surface area contributed by atoms with Crippen LogP contribution >= 0.6 is 0 Å². The summed E-state index contributed by atoms with van der Waals surface area (Å²) in [5, 5.41) is 3.09. The van der Waals surface area contributed by atoms with Gasteiger partial charge >= 0.3 is 0 Å². The fraction of sp³-hybridized carbons (Fsp3) is 0.526. The lowest BCUT2D eigenvalue weighted by molar-refractivity contribution is -0.134. The predicted molar refractivity (Wildman–Crippen MR) is 97.2 cm³/mol. The largest absolute Gasteiger partial charge is 0.349 e. The first kappa shape index (κ1) is 17.5. The minimum absolute atomic E-state index is 0.00741. The van der Waals surface area contributed by atoms with Crippen LogP contribution in [0.5, 0.6) is 0 Å². The van der Waals surface area contributed by atoms with Crippen molar-refractivity contribution in [2.75, 3.05) is 13.1 Å². The number of benzene rings is 1. The maximum atomic E-state index is 12.5. The number of nitrogens with zero attached hydrogens (tertiary/aromatic N) is 2. The van der Waals surface area contributed by atoms with Gasteiger partial charge in [-0.05, 0) is 36.5 Å². The first-order chi connectivity index (χ1) is 11.8. The Morgan fingerprint density at radius 2 is 2.00 bits per heavy atom. The molecule has 1 aromatic heterocycles. The Morgan fingerprint density at radius 1 is 1.28 bits per heavy atom. The third-order valence-electron chi connectivity index (χ3n) is 4.55. The lowest BCUT2D eigenvalue weighted by Gasteiger charge is -2.34. The molecule has 0 saturated carbocycles. The number of amides is 2. The fourth-order valence-electron chi connectivity index (χ4n) is 3.18. The molecule has 2 aromatic rings. The zero-order valence-corrected chi connectivity index (χ0v) is 15.1. The maximum Gasteiger partial charge on any atom is 0.251 e. The van der Waals surface area contributed by atoms with E-state index in [-0.39, 0.29) is 23.3 Å². The van der Waals surface area contributed by atoms with E-state index in [4.69, 9.17) is 0 Å². The second kappa shape index (κ2) is 6.86. The smallest absolute Gasteiger partial charge is 0.251 e. The van der Waals surface area contributed by atoms with Gasteiger partial charge in [-0.25, -0.2) is 4.98 Å². The monoisotopic (exact) mass is 342 g/mol. The van der Waals surface area contributed by atoms with Gasteiger partial charge in [-0.15, -0.1) is 0 Å². The average molecular weight is 342 g/mol. The van der Waals surface area contributed by atoms with Crippen molar-refractivity contribution in [3.05, 3.63) is 30.1 Å². The quantitative estimate of drug-likeness (QED) is 0.900. The highest BCUT2D eigenvalue weighted by Gasteiger charge is 2.26. The van der Waals surface area contributed by atoms with Gasteiger partial charge in [-0.3, -0.25) is 9.59 Å². The van der Waals surface area contributed by atoms with Crippen LogP contribution < -0.4 is 5.32 Å². The van der Waals surface area contributed by atoms with Gasteiger partial charge in [0.1, 0.15) is 0 Å². The van der Waals surface area contributed by atoms with Gasteiger partial charge in [-0.1, -0.05) is 20.8 Å². The molecular weight excluding hydrogens is 316 g/mol. The van der Waals surface area contributed by atoms with Crippen LogP contribution in [0.2, 0.25) is 0 Å². The zero-order valence-electron chi connectivity index (χ0n) is 15.1. The highest BCUT2D eigenvalue weighted by molar-refractivity contribution is 5.97. The van der Waals surface area contributed by atoms with Crippen molar-refractivity contribution in [3.8, 4) is 0 Å².